The third-order valence-electron chi connectivity index (χ3n) is 3.29. The molecular formula is C12H15BrN2O3S. The second-order valence-electron chi connectivity index (χ2n) is 5.18. The molecule has 0 aliphatic heterocycles. The van der Waals surface area contributed by atoms with E-state index in [1.54, 1.807) is 0 Å². The number of benzene rings is 1. The molecule has 0 radical (unpaired) electrons. The van der Waals surface area contributed by atoms with Gasteiger partial charge in [0, 0.05) is 11.0 Å². The van der Waals surface area contributed by atoms with Crippen molar-refractivity contribution in [2.45, 2.75) is 24.7 Å². The third-order valence-corrected chi connectivity index (χ3v) is 4.89. The first kappa shape index (κ1) is 14.5. The average molecular weight is 347 g/mol. The van der Waals surface area contributed by atoms with Crippen LogP contribution in [0, 0.1) is 5.41 Å². The van der Waals surface area contributed by atoms with Crippen LogP contribution in [0.5, 0.6) is 0 Å². The lowest BCUT2D eigenvalue weighted by atomic mass is 10.1. The summed E-state index contributed by atoms with van der Waals surface area (Å²) in [6.07, 6.45) is 2.21. The van der Waals surface area contributed by atoms with Gasteiger partial charge in [0.15, 0.2) is 0 Å². The van der Waals surface area contributed by atoms with E-state index in [0.717, 1.165) is 12.8 Å². The van der Waals surface area contributed by atoms with Crippen molar-refractivity contribution < 1.29 is 13.2 Å². The van der Waals surface area contributed by atoms with Gasteiger partial charge in [0.05, 0.1) is 10.5 Å². The minimum Gasteiger partial charge on any atom is -0.351 e. The van der Waals surface area contributed by atoms with Crippen LogP contribution >= 0.6 is 15.9 Å². The predicted molar refractivity (Wildman–Crippen MR) is 75.2 cm³/mol. The first-order valence-corrected chi connectivity index (χ1v) is 8.16. The van der Waals surface area contributed by atoms with E-state index in [-0.39, 0.29) is 21.8 Å². The fourth-order valence-electron chi connectivity index (χ4n) is 1.63. The molecular weight excluding hydrogens is 332 g/mol. The van der Waals surface area contributed by atoms with Gasteiger partial charge in [0.25, 0.3) is 5.91 Å². The van der Waals surface area contributed by atoms with Crippen LogP contribution in [0.4, 0.5) is 0 Å². The van der Waals surface area contributed by atoms with E-state index < -0.39 is 10.0 Å². The lowest BCUT2D eigenvalue weighted by Crippen LogP contribution is -2.29. The third kappa shape index (κ3) is 3.55. The first-order chi connectivity index (χ1) is 8.71. The molecule has 0 aromatic heterocycles. The van der Waals surface area contributed by atoms with E-state index in [2.05, 4.69) is 28.2 Å². The molecule has 5 nitrogen and oxygen atoms in total. The zero-order valence-electron chi connectivity index (χ0n) is 10.4. The molecule has 2 rings (SSSR count). The summed E-state index contributed by atoms with van der Waals surface area (Å²) in [5.74, 6) is -0.300. The largest absolute Gasteiger partial charge is 0.351 e. The second-order valence-corrected chi connectivity index (χ2v) is 7.60. The van der Waals surface area contributed by atoms with Gasteiger partial charge in [-0.05, 0) is 52.4 Å². The zero-order valence-corrected chi connectivity index (χ0v) is 12.8. The van der Waals surface area contributed by atoms with E-state index in [1.165, 1.54) is 18.2 Å². The molecule has 1 aliphatic rings. The number of hydrogen-bond acceptors (Lipinski definition) is 3. The standard InChI is InChI=1S/C12H15BrN2O3S/c1-12(4-5-12)7-15-11(16)9-6-8(19(14,17)18)2-3-10(9)13/h2-3,6H,4-5,7H2,1H3,(H,15,16)(H2,14,17,18). The highest BCUT2D eigenvalue weighted by Gasteiger charge is 2.37. The van der Waals surface area contributed by atoms with Crippen LogP contribution in [-0.2, 0) is 10.0 Å². The monoisotopic (exact) mass is 346 g/mol. The van der Waals surface area contributed by atoms with Crippen LogP contribution < -0.4 is 10.5 Å². The lowest BCUT2D eigenvalue weighted by molar-refractivity contribution is 0.0945. The predicted octanol–water partition coefficient (Wildman–Crippen LogP) is 1.63. The number of carbonyl (C=O) groups excluding carboxylic acids is 1. The molecule has 0 atom stereocenters. The van der Waals surface area contributed by atoms with E-state index in [1.807, 2.05) is 0 Å². The van der Waals surface area contributed by atoms with Gasteiger partial charge < -0.3 is 5.32 Å². The van der Waals surface area contributed by atoms with Gasteiger partial charge in [-0.2, -0.15) is 0 Å². The average Bonchev–Trinajstić information content (AvgIpc) is 3.04. The normalized spacial score (nSPS) is 17.0. The van der Waals surface area contributed by atoms with Gasteiger partial charge >= 0.3 is 0 Å². The molecule has 3 N–H and O–H groups in total. The molecule has 1 aromatic carbocycles. The fraction of sp³-hybridized carbons (Fsp3) is 0.417. The zero-order chi connectivity index (χ0) is 14.3. The van der Waals surface area contributed by atoms with Crippen LogP contribution in [0.2, 0.25) is 0 Å². The highest BCUT2D eigenvalue weighted by Crippen LogP contribution is 2.44. The molecule has 1 fully saturated rings. The van der Waals surface area contributed by atoms with Gasteiger partial charge in [-0.3, -0.25) is 4.79 Å². The number of halogens is 1. The highest BCUT2D eigenvalue weighted by atomic mass is 79.9. The second kappa shape index (κ2) is 4.88. The highest BCUT2D eigenvalue weighted by molar-refractivity contribution is 9.10. The summed E-state index contributed by atoms with van der Waals surface area (Å²) in [6.45, 7) is 2.70. The van der Waals surface area contributed by atoms with Gasteiger partial charge in [0.1, 0.15) is 0 Å². The van der Waals surface area contributed by atoms with Crippen LogP contribution in [0.25, 0.3) is 0 Å². The van der Waals surface area contributed by atoms with Gasteiger partial charge in [-0.1, -0.05) is 6.92 Å². The van der Waals surface area contributed by atoms with Crippen molar-refractivity contribution in [3.05, 3.63) is 28.2 Å². The molecule has 0 unspecified atom stereocenters. The molecule has 1 saturated carbocycles. The van der Waals surface area contributed by atoms with Crippen LogP contribution in [-0.4, -0.2) is 20.9 Å². The Hall–Kier alpha value is -0.920. The summed E-state index contributed by atoms with van der Waals surface area (Å²) in [6, 6.07) is 4.15. The Morgan fingerprint density at radius 2 is 2.11 bits per heavy atom. The Kier molecular flexibility index (Phi) is 3.72. The SMILES string of the molecule is CC1(CNC(=O)c2cc(S(N)(=O)=O)ccc2Br)CC1. The Labute approximate surface area is 120 Å². The Morgan fingerprint density at radius 3 is 2.63 bits per heavy atom. The van der Waals surface area contributed by atoms with Gasteiger partial charge in [0.2, 0.25) is 10.0 Å². The van der Waals surface area contributed by atoms with Gasteiger partial charge in [-0.25, -0.2) is 13.6 Å². The molecule has 0 bridgehead atoms. The van der Waals surface area contributed by atoms with E-state index in [0.29, 0.717) is 11.0 Å². The molecule has 7 heteroatoms. The van der Waals surface area contributed by atoms with Crippen molar-refractivity contribution in [1.82, 2.24) is 5.32 Å². The quantitative estimate of drug-likeness (QED) is 0.867. The Bertz CT molecular complexity index is 624. The number of primary sulfonamides is 1. The molecule has 0 spiro atoms. The smallest absolute Gasteiger partial charge is 0.252 e. The first-order valence-electron chi connectivity index (χ1n) is 5.82. The molecule has 0 saturated heterocycles. The topological polar surface area (TPSA) is 89.3 Å². The summed E-state index contributed by atoms with van der Waals surface area (Å²) >= 11 is 3.24. The van der Waals surface area contributed by atoms with Gasteiger partial charge in [-0.15, -0.1) is 0 Å². The maximum Gasteiger partial charge on any atom is 0.252 e. The van der Waals surface area contributed by atoms with Crippen LogP contribution in [0.15, 0.2) is 27.6 Å². The molecule has 1 aliphatic carbocycles. The van der Waals surface area contributed by atoms with Crippen molar-refractivity contribution >= 4 is 31.9 Å². The summed E-state index contributed by atoms with van der Waals surface area (Å²) in [5, 5.41) is 7.87. The van der Waals surface area contributed by atoms with Crippen molar-refractivity contribution in [1.29, 1.82) is 0 Å². The van der Waals surface area contributed by atoms with Crippen molar-refractivity contribution in [2.24, 2.45) is 10.6 Å². The van der Waals surface area contributed by atoms with E-state index in [4.69, 9.17) is 5.14 Å². The molecule has 0 heterocycles. The van der Waals surface area contributed by atoms with Crippen LogP contribution in [0.1, 0.15) is 30.1 Å². The summed E-state index contributed by atoms with van der Waals surface area (Å²) in [4.78, 5) is 12.0. The van der Waals surface area contributed by atoms with Crippen molar-refractivity contribution in [2.75, 3.05) is 6.54 Å². The van der Waals surface area contributed by atoms with Crippen molar-refractivity contribution in [3.8, 4) is 0 Å². The van der Waals surface area contributed by atoms with Crippen molar-refractivity contribution in [3.63, 3.8) is 0 Å². The number of carbonyl (C=O) groups is 1. The number of nitrogens with two attached hydrogens (primary N) is 1. The van der Waals surface area contributed by atoms with E-state index >= 15 is 0 Å². The maximum absolute atomic E-state index is 12.0. The number of sulfonamides is 1. The summed E-state index contributed by atoms with van der Waals surface area (Å²) < 4.78 is 23.1. The van der Waals surface area contributed by atoms with E-state index in [9.17, 15) is 13.2 Å². The maximum atomic E-state index is 12.0. The summed E-state index contributed by atoms with van der Waals surface area (Å²) in [7, 11) is -3.81. The molecule has 19 heavy (non-hydrogen) atoms. The molecule has 1 aromatic rings. The number of nitrogens with one attached hydrogen (secondary N) is 1. The Balaban J connectivity index is 2.20. The minimum absolute atomic E-state index is 0.0708. The van der Waals surface area contributed by atoms with Crippen LogP contribution in [0.3, 0.4) is 0 Å². The number of amides is 1. The molecule has 1 amide bonds. The fourth-order valence-corrected chi connectivity index (χ4v) is 2.60. The number of hydrogen-bond donors (Lipinski definition) is 2. The molecule has 104 valence electrons. The minimum atomic E-state index is -3.81. The number of rotatable bonds is 4. The lowest BCUT2D eigenvalue weighted by Gasteiger charge is -2.11. The Morgan fingerprint density at radius 1 is 1.47 bits per heavy atom. The summed E-state index contributed by atoms with van der Waals surface area (Å²) in [5.41, 5.74) is 0.468.